The van der Waals surface area contributed by atoms with E-state index in [-0.39, 0.29) is 0 Å². The molecule has 0 aliphatic rings. The van der Waals surface area contributed by atoms with Crippen LogP contribution >= 0.6 is 0 Å². The van der Waals surface area contributed by atoms with Crippen LogP contribution in [0.5, 0.6) is 0 Å². The first-order valence-corrected chi connectivity index (χ1v) is 5.50. The number of halogens is 3. The second-order valence-corrected chi connectivity index (χ2v) is 3.77. The average Bonchev–Trinajstić information content (AvgIpc) is 2.28. The minimum atomic E-state index is -4.26. The predicted molar refractivity (Wildman–Crippen MR) is 63.6 cm³/mol. The lowest BCUT2D eigenvalue weighted by Crippen LogP contribution is -2.12. The van der Waals surface area contributed by atoms with E-state index in [1.165, 1.54) is 12.1 Å². The van der Waals surface area contributed by atoms with Crippen LogP contribution in [0, 0.1) is 0 Å². The molecule has 0 saturated carbocycles. The second-order valence-electron chi connectivity index (χ2n) is 3.77. The monoisotopic (exact) mass is 243 g/mol. The summed E-state index contributed by atoms with van der Waals surface area (Å²) < 4.78 is 37.0. The van der Waals surface area contributed by atoms with Crippen LogP contribution < -0.4 is 5.32 Å². The van der Waals surface area contributed by atoms with Crippen molar-refractivity contribution in [1.29, 1.82) is 0 Å². The molecule has 1 nitrogen and oxygen atoms in total. The van der Waals surface area contributed by atoms with Gasteiger partial charge in [0.05, 0.1) is 5.56 Å². The molecule has 0 radical (unpaired) electrons. The summed E-state index contributed by atoms with van der Waals surface area (Å²) >= 11 is 0. The Morgan fingerprint density at radius 3 is 2.29 bits per heavy atom. The normalized spacial score (nSPS) is 12.9. The molecular formula is C13H16F3N. The highest BCUT2D eigenvalue weighted by atomic mass is 19.4. The largest absolute Gasteiger partial charge is 0.416 e. The van der Waals surface area contributed by atoms with Crippen molar-refractivity contribution < 1.29 is 13.2 Å². The third-order valence-corrected chi connectivity index (χ3v) is 2.47. The minimum Gasteiger partial charge on any atom is -0.314 e. The predicted octanol–water partition coefficient (Wildman–Crippen LogP) is 3.72. The van der Waals surface area contributed by atoms with Crippen LogP contribution in [0.2, 0.25) is 0 Å². The molecule has 1 rings (SSSR count). The summed E-state index contributed by atoms with van der Waals surface area (Å²) in [6.45, 7) is 5.49. The Morgan fingerprint density at radius 2 is 1.82 bits per heavy atom. The van der Waals surface area contributed by atoms with Crippen molar-refractivity contribution in [2.75, 3.05) is 13.1 Å². The van der Waals surface area contributed by atoms with E-state index < -0.39 is 11.7 Å². The zero-order chi connectivity index (χ0) is 12.9. The number of likely N-dealkylation sites (N-methyl/N-ethyl adjacent to an activating group) is 1. The van der Waals surface area contributed by atoms with E-state index in [1.54, 1.807) is 0 Å². The molecular weight excluding hydrogens is 227 g/mol. The summed E-state index contributed by atoms with van der Waals surface area (Å²) in [6.07, 6.45) is -2.30. The molecule has 0 amide bonds. The Bertz CT molecular complexity index is 377. The Morgan fingerprint density at radius 1 is 1.24 bits per heavy atom. The van der Waals surface area contributed by atoms with E-state index >= 15 is 0 Å². The molecule has 0 spiro atoms. The molecule has 0 fully saturated rings. The van der Waals surface area contributed by atoms with Crippen molar-refractivity contribution in [2.24, 2.45) is 0 Å². The molecule has 0 heterocycles. The van der Waals surface area contributed by atoms with Gasteiger partial charge in [-0.1, -0.05) is 25.1 Å². The quantitative estimate of drug-likeness (QED) is 0.795. The molecule has 1 aromatic rings. The molecule has 0 aliphatic heterocycles. The summed E-state index contributed by atoms with van der Waals surface area (Å²) in [5, 5.41) is 3.13. The first-order valence-electron chi connectivity index (χ1n) is 5.50. The van der Waals surface area contributed by atoms with Gasteiger partial charge in [-0.2, -0.15) is 13.2 Å². The van der Waals surface area contributed by atoms with Gasteiger partial charge in [0.2, 0.25) is 0 Å². The summed E-state index contributed by atoms with van der Waals surface area (Å²) in [5.41, 5.74) is 1.18. The van der Waals surface area contributed by atoms with Gasteiger partial charge in [-0.15, -0.1) is 0 Å². The van der Waals surface area contributed by atoms with Gasteiger partial charge >= 0.3 is 6.18 Å². The van der Waals surface area contributed by atoms with E-state index in [4.69, 9.17) is 0 Å². The molecule has 0 aliphatic carbocycles. The molecule has 0 bridgehead atoms. The standard InChI is InChI=1S/C13H16F3N/c1-3-17-9-8-10(2)11-4-6-12(7-5-11)13(14,15)16/h4-8,17H,3,9H2,1-2H3/b10-8+. The van der Waals surface area contributed by atoms with E-state index in [1.807, 2.05) is 19.9 Å². The molecule has 17 heavy (non-hydrogen) atoms. The Balaban J connectivity index is 2.77. The maximum absolute atomic E-state index is 12.3. The summed E-state index contributed by atoms with van der Waals surface area (Å²) in [7, 11) is 0. The van der Waals surface area contributed by atoms with Crippen molar-refractivity contribution in [3.05, 3.63) is 41.5 Å². The minimum absolute atomic E-state index is 0.610. The number of hydrogen-bond acceptors (Lipinski definition) is 1. The van der Waals surface area contributed by atoms with Crippen LogP contribution in [0.3, 0.4) is 0 Å². The fourth-order valence-electron chi connectivity index (χ4n) is 1.41. The van der Waals surface area contributed by atoms with Gasteiger partial charge in [-0.05, 0) is 36.7 Å². The third kappa shape index (κ3) is 4.23. The highest BCUT2D eigenvalue weighted by Crippen LogP contribution is 2.29. The molecule has 0 atom stereocenters. The van der Waals surface area contributed by atoms with Gasteiger partial charge in [-0.3, -0.25) is 0 Å². The first-order chi connectivity index (χ1) is 7.95. The lowest BCUT2D eigenvalue weighted by atomic mass is 10.0. The molecule has 0 unspecified atom stereocenters. The van der Waals surface area contributed by atoms with Crippen molar-refractivity contribution in [3.63, 3.8) is 0 Å². The van der Waals surface area contributed by atoms with Crippen molar-refractivity contribution in [1.82, 2.24) is 5.32 Å². The molecule has 1 N–H and O–H groups in total. The number of benzene rings is 1. The smallest absolute Gasteiger partial charge is 0.314 e. The van der Waals surface area contributed by atoms with E-state index in [2.05, 4.69) is 5.32 Å². The van der Waals surface area contributed by atoms with E-state index in [0.717, 1.165) is 36.4 Å². The fourth-order valence-corrected chi connectivity index (χ4v) is 1.41. The Labute approximate surface area is 99.3 Å². The van der Waals surface area contributed by atoms with Crippen LogP contribution in [-0.4, -0.2) is 13.1 Å². The van der Waals surface area contributed by atoms with Gasteiger partial charge in [0, 0.05) is 6.54 Å². The maximum atomic E-state index is 12.3. The maximum Gasteiger partial charge on any atom is 0.416 e. The van der Waals surface area contributed by atoms with Crippen LogP contribution in [-0.2, 0) is 6.18 Å². The lowest BCUT2D eigenvalue weighted by Gasteiger charge is -2.08. The van der Waals surface area contributed by atoms with Crippen LogP contribution in [0.25, 0.3) is 5.57 Å². The molecule has 0 saturated heterocycles. The number of alkyl halides is 3. The molecule has 94 valence electrons. The lowest BCUT2D eigenvalue weighted by molar-refractivity contribution is -0.137. The number of nitrogens with one attached hydrogen (secondary N) is 1. The van der Waals surface area contributed by atoms with Crippen LogP contribution in [0.15, 0.2) is 30.3 Å². The highest BCUT2D eigenvalue weighted by molar-refractivity contribution is 5.64. The third-order valence-electron chi connectivity index (χ3n) is 2.47. The average molecular weight is 243 g/mol. The molecule has 0 aromatic heterocycles. The molecule has 4 heteroatoms. The Kier molecular flexibility index (Phi) is 4.75. The zero-order valence-electron chi connectivity index (χ0n) is 9.93. The number of rotatable bonds is 4. The summed E-state index contributed by atoms with van der Waals surface area (Å²) in [4.78, 5) is 0. The topological polar surface area (TPSA) is 12.0 Å². The van der Waals surface area contributed by atoms with Crippen LogP contribution in [0.1, 0.15) is 25.0 Å². The van der Waals surface area contributed by atoms with E-state index in [0.29, 0.717) is 0 Å². The van der Waals surface area contributed by atoms with Crippen molar-refractivity contribution in [3.8, 4) is 0 Å². The summed E-state index contributed by atoms with van der Waals surface area (Å²) in [6, 6.07) is 5.22. The van der Waals surface area contributed by atoms with Crippen molar-refractivity contribution in [2.45, 2.75) is 20.0 Å². The SMILES string of the molecule is CCNC/C=C(\C)c1ccc(C(F)(F)F)cc1. The molecule has 1 aromatic carbocycles. The number of hydrogen-bond donors (Lipinski definition) is 1. The number of allylic oxidation sites excluding steroid dienone is 1. The van der Waals surface area contributed by atoms with Gasteiger partial charge in [0.25, 0.3) is 0 Å². The van der Waals surface area contributed by atoms with Gasteiger partial charge in [0.15, 0.2) is 0 Å². The fraction of sp³-hybridized carbons (Fsp3) is 0.385. The zero-order valence-corrected chi connectivity index (χ0v) is 9.93. The van der Waals surface area contributed by atoms with Gasteiger partial charge in [-0.25, -0.2) is 0 Å². The van der Waals surface area contributed by atoms with Gasteiger partial charge < -0.3 is 5.32 Å². The second kappa shape index (κ2) is 5.87. The van der Waals surface area contributed by atoms with Crippen LogP contribution in [0.4, 0.5) is 13.2 Å². The van der Waals surface area contributed by atoms with Crippen molar-refractivity contribution >= 4 is 5.57 Å². The summed E-state index contributed by atoms with van der Waals surface area (Å²) in [5.74, 6) is 0. The highest BCUT2D eigenvalue weighted by Gasteiger charge is 2.29. The Hall–Kier alpha value is -1.29. The van der Waals surface area contributed by atoms with Gasteiger partial charge in [0.1, 0.15) is 0 Å². The van der Waals surface area contributed by atoms with E-state index in [9.17, 15) is 13.2 Å². The first kappa shape index (κ1) is 13.8.